The first-order chi connectivity index (χ1) is 15.6. The van der Waals surface area contributed by atoms with Crippen LogP contribution in [0.2, 0.25) is 0 Å². The molecule has 1 amide bonds. The highest BCUT2D eigenvalue weighted by Gasteiger charge is 2.19. The summed E-state index contributed by atoms with van der Waals surface area (Å²) >= 11 is 0. The summed E-state index contributed by atoms with van der Waals surface area (Å²) in [5.41, 5.74) is 2.80. The van der Waals surface area contributed by atoms with Crippen molar-refractivity contribution in [2.45, 2.75) is 6.54 Å². The molecule has 0 spiro atoms. The Morgan fingerprint density at radius 3 is 2.25 bits per heavy atom. The van der Waals surface area contributed by atoms with E-state index in [1.807, 2.05) is 36.4 Å². The zero-order valence-corrected chi connectivity index (χ0v) is 17.8. The number of carbonyl (C=O) groups excluding carboxylic acids is 2. The number of halogens is 1. The molecule has 1 fully saturated rings. The maximum atomic E-state index is 14.0. The molecule has 5 nitrogen and oxygen atoms in total. The minimum Gasteiger partial charge on any atom is -0.367 e. The molecule has 0 unspecified atom stereocenters. The molecule has 0 bridgehead atoms. The number of rotatable bonds is 7. The van der Waals surface area contributed by atoms with Crippen molar-refractivity contribution in [3.63, 3.8) is 0 Å². The Labute approximate surface area is 187 Å². The summed E-state index contributed by atoms with van der Waals surface area (Å²) in [6, 6.07) is 23.3. The van der Waals surface area contributed by atoms with Gasteiger partial charge in [-0.1, -0.05) is 54.6 Å². The second kappa shape index (κ2) is 10.2. The maximum Gasteiger partial charge on any atom is 0.251 e. The van der Waals surface area contributed by atoms with E-state index in [0.29, 0.717) is 16.8 Å². The summed E-state index contributed by atoms with van der Waals surface area (Å²) in [4.78, 5) is 29.1. The first-order valence-electron chi connectivity index (χ1n) is 10.8. The van der Waals surface area contributed by atoms with Gasteiger partial charge in [-0.3, -0.25) is 14.5 Å². The quantitative estimate of drug-likeness (QED) is 0.579. The molecule has 1 N–H and O–H groups in total. The van der Waals surface area contributed by atoms with Crippen LogP contribution in [-0.4, -0.2) is 49.3 Å². The van der Waals surface area contributed by atoms with Gasteiger partial charge in [-0.05, 0) is 29.8 Å². The van der Waals surface area contributed by atoms with Gasteiger partial charge >= 0.3 is 0 Å². The van der Waals surface area contributed by atoms with E-state index in [1.54, 1.807) is 36.4 Å². The van der Waals surface area contributed by atoms with Crippen molar-refractivity contribution in [1.29, 1.82) is 0 Å². The predicted octanol–water partition coefficient (Wildman–Crippen LogP) is 3.76. The highest BCUT2D eigenvalue weighted by Crippen LogP contribution is 2.21. The standard InChI is InChI=1S/C26H26FN3O2/c27-23-11-4-5-12-24(23)30-15-13-29(14-16-30)19-20-7-6-10-22(17-20)26(32)28-18-25(31)21-8-2-1-3-9-21/h1-12,17H,13-16,18-19H2,(H,28,32). The monoisotopic (exact) mass is 431 g/mol. The average Bonchev–Trinajstić information content (AvgIpc) is 2.84. The number of piperazine rings is 1. The molecule has 1 heterocycles. The van der Waals surface area contributed by atoms with Gasteiger partial charge in [-0.2, -0.15) is 0 Å². The number of anilines is 1. The van der Waals surface area contributed by atoms with Crippen molar-refractivity contribution >= 4 is 17.4 Å². The van der Waals surface area contributed by atoms with Gasteiger partial charge in [0.05, 0.1) is 12.2 Å². The van der Waals surface area contributed by atoms with Crippen LogP contribution in [0.5, 0.6) is 0 Å². The first kappa shape index (κ1) is 21.7. The van der Waals surface area contributed by atoms with Gasteiger partial charge in [0.25, 0.3) is 5.91 Å². The van der Waals surface area contributed by atoms with E-state index in [-0.39, 0.29) is 24.1 Å². The molecular weight excluding hydrogens is 405 g/mol. The summed E-state index contributed by atoms with van der Waals surface area (Å²) in [5.74, 6) is -0.575. The van der Waals surface area contributed by atoms with Crippen molar-refractivity contribution < 1.29 is 14.0 Å². The molecule has 6 heteroatoms. The van der Waals surface area contributed by atoms with Crippen LogP contribution >= 0.6 is 0 Å². The van der Waals surface area contributed by atoms with Crippen molar-refractivity contribution in [2.75, 3.05) is 37.6 Å². The predicted molar refractivity (Wildman–Crippen MR) is 123 cm³/mol. The Morgan fingerprint density at radius 1 is 0.812 bits per heavy atom. The lowest BCUT2D eigenvalue weighted by atomic mass is 10.1. The molecule has 0 saturated carbocycles. The van der Waals surface area contributed by atoms with Gasteiger partial charge in [0, 0.05) is 43.9 Å². The van der Waals surface area contributed by atoms with E-state index >= 15 is 0 Å². The summed E-state index contributed by atoms with van der Waals surface area (Å²) in [6.45, 7) is 3.82. The van der Waals surface area contributed by atoms with Crippen LogP contribution in [0.25, 0.3) is 0 Å². The highest BCUT2D eigenvalue weighted by atomic mass is 19.1. The van der Waals surface area contributed by atoms with E-state index in [2.05, 4.69) is 15.1 Å². The molecule has 164 valence electrons. The van der Waals surface area contributed by atoms with Crippen molar-refractivity contribution in [2.24, 2.45) is 0 Å². The largest absolute Gasteiger partial charge is 0.367 e. The van der Waals surface area contributed by atoms with E-state index in [9.17, 15) is 14.0 Å². The zero-order valence-electron chi connectivity index (χ0n) is 17.8. The fraction of sp³-hybridized carbons (Fsp3) is 0.231. The van der Waals surface area contributed by atoms with E-state index in [0.717, 1.165) is 38.3 Å². The second-order valence-electron chi connectivity index (χ2n) is 7.89. The molecule has 1 aliphatic heterocycles. The van der Waals surface area contributed by atoms with Crippen molar-refractivity contribution in [3.8, 4) is 0 Å². The SMILES string of the molecule is O=C(CNC(=O)c1cccc(CN2CCN(c3ccccc3F)CC2)c1)c1ccccc1. The van der Waals surface area contributed by atoms with Crippen LogP contribution in [-0.2, 0) is 6.54 Å². The first-order valence-corrected chi connectivity index (χ1v) is 10.8. The van der Waals surface area contributed by atoms with Crippen LogP contribution in [0, 0.1) is 5.82 Å². The summed E-state index contributed by atoms with van der Waals surface area (Å²) < 4.78 is 14.0. The van der Waals surface area contributed by atoms with E-state index in [4.69, 9.17) is 0 Å². The smallest absolute Gasteiger partial charge is 0.251 e. The Morgan fingerprint density at radius 2 is 1.50 bits per heavy atom. The zero-order chi connectivity index (χ0) is 22.3. The summed E-state index contributed by atoms with van der Waals surface area (Å²) in [7, 11) is 0. The molecule has 3 aromatic carbocycles. The van der Waals surface area contributed by atoms with Crippen LogP contribution in [0.3, 0.4) is 0 Å². The van der Waals surface area contributed by atoms with Gasteiger partial charge in [0.2, 0.25) is 0 Å². The number of para-hydroxylation sites is 1. The van der Waals surface area contributed by atoms with Gasteiger partial charge in [0.15, 0.2) is 5.78 Å². The van der Waals surface area contributed by atoms with E-state index in [1.165, 1.54) is 6.07 Å². The number of hydrogen-bond donors (Lipinski definition) is 1. The third kappa shape index (κ3) is 5.39. The number of nitrogens with one attached hydrogen (secondary N) is 1. The molecular formula is C26H26FN3O2. The van der Waals surface area contributed by atoms with E-state index < -0.39 is 0 Å². The van der Waals surface area contributed by atoms with Crippen LogP contribution in [0.15, 0.2) is 78.9 Å². The number of Topliss-reactive ketones (excluding diaryl/α,β-unsaturated/α-hetero) is 1. The van der Waals surface area contributed by atoms with Crippen LogP contribution in [0.4, 0.5) is 10.1 Å². The Kier molecular flexibility index (Phi) is 6.92. The average molecular weight is 432 g/mol. The number of amides is 1. The minimum absolute atomic E-state index is 0.0366. The Bertz CT molecular complexity index is 1080. The van der Waals surface area contributed by atoms with Crippen molar-refractivity contribution in [1.82, 2.24) is 10.2 Å². The molecule has 0 aromatic heterocycles. The number of benzene rings is 3. The highest BCUT2D eigenvalue weighted by molar-refractivity contribution is 6.02. The third-order valence-electron chi connectivity index (χ3n) is 5.67. The lowest BCUT2D eigenvalue weighted by Gasteiger charge is -2.36. The molecule has 1 saturated heterocycles. The number of nitrogens with zero attached hydrogens (tertiary/aromatic N) is 2. The molecule has 0 atom stereocenters. The molecule has 0 radical (unpaired) electrons. The van der Waals surface area contributed by atoms with Gasteiger partial charge < -0.3 is 10.2 Å². The van der Waals surface area contributed by atoms with Gasteiger partial charge in [-0.15, -0.1) is 0 Å². The topological polar surface area (TPSA) is 52.7 Å². The van der Waals surface area contributed by atoms with Crippen LogP contribution < -0.4 is 10.2 Å². The Hall–Kier alpha value is -3.51. The molecule has 3 aromatic rings. The molecule has 4 rings (SSSR count). The van der Waals surface area contributed by atoms with Gasteiger partial charge in [-0.25, -0.2) is 4.39 Å². The number of carbonyl (C=O) groups is 2. The normalized spacial score (nSPS) is 14.2. The minimum atomic E-state index is -0.263. The fourth-order valence-corrected chi connectivity index (χ4v) is 3.91. The number of hydrogen-bond acceptors (Lipinski definition) is 4. The van der Waals surface area contributed by atoms with Gasteiger partial charge in [0.1, 0.15) is 5.82 Å². The molecule has 1 aliphatic rings. The maximum absolute atomic E-state index is 14.0. The lowest BCUT2D eigenvalue weighted by Crippen LogP contribution is -2.46. The second-order valence-corrected chi connectivity index (χ2v) is 7.89. The number of ketones is 1. The fourth-order valence-electron chi connectivity index (χ4n) is 3.91. The molecule has 32 heavy (non-hydrogen) atoms. The lowest BCUT2D eigenvalue weighted by molar-refractivity contribution is 0.0904. The summed E-state index contributed by atoms with van der Waals surface area (Å²) in [5, 5.41) is 2.71. The third-order valence-corrected chi connectivity index (χ3v) is 5.67. The van der Waals surface area contributed by atoms with Crippen molar-refractivity contribution in [3.05, 3.63) is 101 Å². The van der Waals surface area contributed by atoms with Crippen LogP contribution in [0.1, 0.15) is 26.3 Å². The Balaban J connectivity index is 1.30. The summed E-state index contributed by atoms with van der Waals surface area (Å²) in [6.07, 6.45) is 0. The molecule has 0 aliphatic carbocycles.